The van der Waals surface area contributed by atoms with E-state index in [0.29, 0.717) is 25.1 Å². The Bertz CT molecular complexity index is 809. The first-order chi connectivity index (χ1) is 13.5. The lowest BCUT2D eigenvalue weighted by atomic mass is 10.1. The van der Waals surface area contributed by atoms with E-state index in [9.17, 15) is 14.4 Å². The van der Waals surface area contributed by atoms with Crippen molar-refractivity contribution >= 4 is 17.9 Å². The molecule has 4 N–H and O–H groups in total. The zero-order valence-corrected chi connectivity index (χ0v) is 15.3. The van der Waals surface area contributed by atoms with Crippen LogP contribution in [0, 0.1) is 0 Å². The van der Waals surface area contributed by atoms with Crippen molar-refractivity contribution in [2.75, 3.05) is 6.54 Å². The molecule has 9 heteroatoms. The lowest BCUT2D eigenvalue weighted by Gasteiger charge is -2.27. The number of carbonyl (C=O) groups is 3. The van der Waals surface area contributed by atoms with Gasteiger partial charge in [-0.1, -0.05) is 30.3 Å². The van der Waals surface area contributed by atoms with E-state index in [1.807, 2.05) is 30.3 Å². The lowest BCUT2D eigenvalue weighted by Crippen LogP contribution is -2.53. The Labute approximate surface area is 162 Å². The fourth-order valence-corrected chi connectivity index (χ4v) is 3.25. The number of benzene rings is 1. The molecule has 2 atom stereocenters. The topological polar surface area (TPSA) is 130 Å². The van der Waals surface area contributed by atoms with Gasteiger partial charge in [0, 0.05) is 19.2 Å². The number of rotatable bonds is 7. The highest BCUT2D eigenvalue weighted by molar-refractivity contribution is 5.91. The number of alkyl carbamates (subject to hydrolysis) is 1. The van der Waals surface area contributed by atoms with Crippen LogP contribution in [0.3, 0.4) is 0 Å². The van der Waals surface area contributed by atoms with Crippen LogP contribution in [0.4, 0.5) is 4.79 Å². The van der Waals surface area contributed by atoms with E-state index >= 15 is 0 Å². The third-order valence-corrected chi connectivity index (χ3v) is 4.64. The summed E-state index contributed by atoms with van der Waals surface area (Å²) in [6, 6.07) is 7.66. The van der Waals surface area contributed by atoms with Gasteiger partial charge in [0.2, 0.25) is 11.8 Å². The first-order valence-electron chi connectivity index (χ1n) is 9.09. The molecule has 0 radical (unpaired) electrons. The number of primary amides is 1. The number of aromatic nitrogens is 2. The standard InChI is InChI=1S/C19H23N5O4/c20-17(25)16-7-4-8-24(16)18(26)15(9-14-10-21-12-22-14)23-19(27)28-11-13-5-2-1-3-6-13/h1-3,5-6,10,12,15-16H,4,7-9,11H2,(H2,20,25)(H,21,22)(H,23,27)/t15-,16-/m0/s1. The van der Waals surface area contributed by atoms with Crippen molar-refractivity contribution in [2.24, 2.45) is 5.73 Å². The molecule has 2 heterocycles. The van der Waals surface area contributed by atoms with Gasteiger partial charge in [-0.05, 0) is 18.4 Å². The zero-order valence-electron chi connectivity index (χ0n) is 15.3. The molecule has 3 amide bonds. The third kappa shape index (κ3) is 4.87. The fourth-order valence-electron chi connectivity index (χ4n) is 3.25. The summed E-state index contributed by atoms with van der Waals surface area (Å²) in [7, 11) is 0. The molecule has 1 saturated heterocycles. The van der Waals surface area contributed by atoms with Gasteiger partial charge in [0.15, 0.2) is 0 Å². The molecule has 1 aromatic heterocycles. The number of nitrogens with one attached hydrogen (secondary N) is 2. The highest BCUT2D eigenvalue weighted by Gasteiger charge is 2.37. The van der Waals surface area contributed by atoms with E-state index in [1.54, 1.807) is 6.20 Å². The van der Waals surface area contributed by atoms with Crippen LogP contribution in [-0.4, -0.2) is 51.4 Å². The Hall–Kier alpha value is -3.36. The van der Waals surface area contributed by atoms with Gasteiger partial charge in [0.25, 0.3) is 0 Å². The molecule has 9 nitrogen and oxygen atoms in total. The minimum absolute atomic E-state index is 0.0869. The molecule has 3 rings (SSSR count). The normalized spacial score (nSPS) is 17.1. The summed E-state index contributed by atoms with van der Waals surface area (Å²) in [6.45, 7) is 0.508. The number of H-pyrrole nitrogens is 1. The maximum absolute atomic E-state index is 13.0. The van der Waals surface area contributed by atoms with Gasteiger partial charge >= 0.3 is 6.09 Å². The van der Waals surface area contributed by atoms with Crippen LogP contribution in [0.2, 0.25) is 0 Å². The number of hydrogen-bond donors (Lipinski definition) is 3. The number of nitrogens with two attached hydrogens (primary N) is 1. The quantitative estimate of drug-likeness (QED) is 0.647. The average Bonchev–Trinajstić information content (AvgIpc) is 3.38. The summed E-state index contributed by atoms with van der Waals surface area (Å²) in [5.74, 6) is -0.919. The van der Waals surface area contributed by atoms with Gasteiger partial charge in [0.1, 0.15) is 18.7 Å². The number of amides is 3. The predicted molar refractivity (Wildman–Crippen MR) is 99.8 cm³/mol. The number of carbonyl (C=O) groups excluding carboxylic acids is 3. The lowest BCUT2D eigenvalue weighted by molar-refractivity contribution is -0.138. The first kappa shape index (κ1) is 19.4. The van der Waals surface area contributed by atoms with Crippen molar-refractivity contribution in [1.29, 1.82) is 0 Å². The number of aromatic amines is 1. The molecule has 28 heavy (non-hydrogen) atoms. The van der Waals surface area contributed by atoms with Crippen LogP contribution in [0.1, 0.15) is 24.1 Å². The van der Waals surface area contributed by atoms with Gasteiger partial charge in [0.05, 0.1) is 12.0 Å². The maximum Gasteiger partial charge on any atom is 0.408 e. The van der Waals surface area contributed by atoms with Crippen molar-refractivity contribution < 1.29 is 19.1 Å². The van der Waals surface area contributed by atoms with Crippen molar-refractivity contribution in [3.8, 4) is 0 Å². The van der Waals surface area contributed by atoms with Crippen LogP contribution >= 0.6 is 0 Å². The summed E-state index contributed by atoms with van der Waals surface area (Å²) in [6.07, 6.45) is 3.80. The smallest absolute Gasteiger partial charge is 0.408 e. The average molecular weight is 385 g/mol. The van der Waals surface area contributed by atoms with Crippen molar-refractivity contribution in [3.63, 3.8) is 0 Å². The fraction of sp³-hybridized carbons (Fsp3) is 0.368. The number of imidazole rings is 1. The summed E-state index contributed by atoms with van der Waals surface area (Å²) < 4.78 is 5.22. The second kappa shape index (κ2) is 9.03. The van der Waals surface area contributed by atoms with Gasteiger partial charge in [-0.2, -0.15) is 0 Å². The largest absolute Gasteiger partial charge is 0.445 e. The van der Waals surface area contributed by atoms with Crippen LogP contribution < -0.4 is 11.1 Å². The van der Waals surface area contributed by atoms with Crippen molar-refractivity contribution in [2.45, 2.75) is 38.0 Å². The molecule has 1 aliphatic rings. The molecule has 1 aromatic carbocycles. The van der Waals surface area contributed by atoms with Crippen LogP contribution in [0.15, 0.2) is 42.9 Å². The Morgan fingerprint density at radius 1 is 1.32 bits per heavy atom. The molecule has 1 fully saturated rings. The molecule has 0 bridgehead atoms. The number of likely N-dealkylation sites (tertiary alicyclic amines) is 1. The Morgan fingerprint density at radius 3 is 2.79 bits per heavy atom. The van der Waals surface area contributed by atoms with Gasteiger partial charge < -0.3 is 25.7 Å². The molecular weight excluding hydrogens is 362 g/mol. The molecule has 0 spiro atoms. The second-order valence-corrected chi connectivity index (χ2v) is 6.62. The maximum atomic E-state index is 13.0. The van der Waals surface area contributed by atoms with E-state index < -0.39 is 24.1 Å². The molecule has 2 aromatic rings. The van der Waals surface area contributed by atoms with Crippen molar-refractivity contribution in [3.05, 3.63) is 54.1 Å². The highest BCUT2D eigenvalue weighted by atomic mass is 16.5. The number of hydrogen-bond acceptors (Lipinski definition) is 5. The predicted octanol–water partition coefficient (Wildman–Crippen LogP) is 0.724. The van der Waals surface area contributed by atoms with Gasteiger partial charge in [-0.25, -0.2) is 9.78 Å². The Morgan fingerprint density at radius 2 is 2.11 bits per heavy atom. The highest BCUT2D eigenvalue weighted by Crippen LogP contribution is 2.19. The van der Waals surface area contributed by atoms with Crippen molar-refractivity contribution in [1.82, 2.24) is 20.2 Å². The molecule has 0 aliphatic carbocycles. The third-order valence-electron chi connectivity index (χ3n) is 4.64. The molecule has 1 aliphatic heterocycles. The van der Waals surface area contributed by atoms with Crippen LogP contribution in [0.25, 0.3) is 0 Å². The van der Waals surface area contributed by atoms with E-state index in [4.69, 9.17) is 10.5 Å². The number of ether oxygens (including phenoxy) is 1. The Balaban J connectivity index is 1.67. The minimum Gasteiger partial charge on any atom is -0.445 e. The Kier molecular flexibility index (Phi) is 6.25. The summed E-state index contributed by atoms with van der Waals surface area (Å²) >= 11 is 0. The molecular formula is C19H23N5O4. The minimum atomic E-state index is -0.911. The van der Waals surface area contributed by atoms with Gasteiger partial charge in [-0.3, -0.25) is 9.59 Å². The van der Waals surface area contributed by atoms with E-state index in [2.05, 4.69) is 15.3 Å². The van der Waals surface area contributed by atoms with E-state index in [1.165, 1.54) is 11.2 Å². The van der Waals surface area contributed by atoms with Gasteiger partial charge in [-0.15, -0.1) is 0 Å². The monoisotopic (exact) mass is 385 g/mol. The summed E-state index contributed by atoms with van der Waals surface area (Å²) in [5.41, 5.74) is 6.86. The van der Waals surface area contributed by atoms with Crippen LogP contribution in [-0.2, 0) is 27.4 Å². The molecule has 0 unspecified atom stereocenters. The zero-order chi connectivity index (χ0) is 19.9. The summed E-state index contributed by atoms with van der Waals surface area (Å²) in [4.78, 5) is 45.3. The summed E-state index contributed by atoms with van der Waals surface area (Å²) in [5, 5.41) is 2.60. The van der Waals surface area contributed by atoms with Crippen LogP contribution in [0.5, 0.6) is 0 Å². The first-order valence-corrected chi connectivity index (χ1v) is 9.09. The molecule has 0 saturated carbocycles. The molecule has 148 valence electrons. The second-order valence-electron chi connectivity index (χ2n) is 6.62. The van der Waals surface area contributed by atoms with E-state index in [-0.39, 0.29) is 18.9 Å². The SMILES string of the molecule is NC(=O)[C@@H]1CCCN1C(=O)[C@H](Cc1c[nH]cn1)NC(=O)OCc1ccccc1. The number of nitrogens with zero attached hydrogens (tertiary/aromatic N) is 2. The van der Waals surface area contributed by atoms with E-state index in [0.717, 1.165) is 5.56 Å².